The van der Waals surface area contributed by atoms with E-state index in [4.69, 9.17) is 21.1 Å². The lowest BCUT2D eigenvalue weighted by atomic mass is 10.1. The number of amides is 2. The quantitative estimate of drug-likeness (QED) is 0.248. The number of nitrogens with two attached hydrogens (primary N) is 2. The third-order valence-electron chi connectivity index (χ3n) is 3.83. The predicted molar refractivity (Wildman–Crippen MR) is 97.1 cm³/mol. The van der Waals surface area contributed by atoms with Crippen molar-refractivity contribution in [3.05, 3.63) is 53.8 Å². The minimum Gasteiger partial charge on any atom is -0.497 e. The maximum Gasteiger partial charge on any atom is 0.294 e. The van der Waals surface area contributed by atoms with Crippen molar-refractivity contribution in [3.63, 3.8) is 0 Å². The highest BCUT2D eigenvalue weighted by atomic mass is 16.5. The van der Waals surface area contributed by atoms with Gasteiger partial charge < -0.3 is 15.2 Å². The lowest BCUT2D eigenvalue weighted by molar-refractivity contribution is -0.123. The highest BCUT2D eigenvalue weighted by Crippen LogP contribution is 2.37. The maximum atomic E-state index is 12.8. The van der Waals surface area contributed by atoms with Gasteiger partial charge in [0.05, 0.1) is 12.8 Å². The van der Waals surface area contributed by atoms with Gasteiger partial charge in [-0.15, -0.1) is 0 Å². The molecule has 0 aromatic heterocycles. The van der Waals surface area contributed by atoms with E-state index in [0.29, 0.717) is 22.9 Å². The van der Waals surface area contributed by atoms with E-state index in [2.05, 4.69) is 0 Å². The molecule has 3 rings (SSSR count). The molecular weight excluding hydrogens is 336 g/mol. The van der Waals surface area contributed by atoms with Crippen molar-refractivity contribution in [1.29, 1.82) is 0 Å². The van der Waals surface area contributed by atoms with Crippen LogP contribution in [-0.4, -0.2) is 25.5 Å². The molecule has 0 saturated heterocycles. The molecule has 2 aromatic carbocycles. The van der Waals surface area contributed by atoms with Crippen LogP contribution in [0.15, 0.2) is 48.2 Å². The first-order valence-electron chi connectivity index (χ1n) is 7.76. The number of carbonyl (C=O) groups is 2. The van der Waals surface area contributed by atoms with Crippen LogP contribution in [-0.2, 0) is 9.59 Å². The summed E-state index contributed by atoms with van der Waals surface area (Å²) in [7, 11) is 1.57. The molecule has 26 heavy (non-hydrogen) atoms. The lowest BCUT2D eigenvalue weighted by Crippen LogP contribution is -2.45. The van der Waals surface area contributed by atoms with Crippen molar-refractivity contribution in [2.45, 2.75) is 0 Å². The van der Waals surface area contributed by atoms with Gasteiger partial charge in [-0.2, -0.15) is 0 Å². The van der Waals surface area contributed by atoms with Crippen LogP contribution in [0, 0.1) is 0 Å². The lowest BCUT2D eigenvalue weighted by Gasteiger charge is -2.30. The summed E-state index contributed by atoms with van der Waals surface area (Å²) in [6.45, 7) is -0.241. The molecule has 1 heterocycles. The van der Waals surface area contributed by atoms with E-state index in [0.717, 1.165) is 5.56 Å². The first-order valence-corrected chi connectivity index (χ1v) is 7.76. The molecule has 0 bridgehead atoms. The monoisotopic (exact) mass is 354 g/mol. The smallest absolute Gasteiger partial charge is 0.294 e. The number of anilines is 2. The molecule has 134 valence electrons. The van der Waals surface area contributed by atoms with Gasteiger partial charge in [-0.25, -0.2) is 5.84 Å². The molecule has 2 aromatic rings. The zero-order chi connectivity index (χ0) is 18.7. The Labute approximate surface area is 149 Å². The molecule has 0 spiro atoms. The molecule has 1 aliphatic heterocycles. The normalized spacial score (nSPS) is 14.6. The molecule has 2 amide bonds. The van der Waals surface area contributed by atoms with Crippen LogP contribution in [0.25, 0.3) is 6.08 Å². The minimum absolute atomic E-state index is 0.0677. The highest BCUT2D eigenvalue weighted by Gasteiger charge is 2.31. The van der Waals surface area contributed by atoms with Gasteiger partial charge in [0.1, 0.15) is 12.3 Å². The molecule has 0 fully saturated rings. The van der Waals surface area contributed by atoms with Crippen LogP contribution >= 0.6 is 0 Å². The summed E-state index contributed by atoms with van der Waals surface area (Å²) in [6, 6.07) is 12.0. The van der Waals surface area contributed by atoms with Crippen LogP contribution < -0.4 is 31.4 Å². The summed E-state index contributed by atoms with van der Waals surface area (Å²) in [5, 5.41) is 0. The third kappa shape index (κ3) is 3.45. The van der Waals surface area contributed by atoms with Gasteiger partial charge in [0, 0.05) is 11.8 Å². The van der Waals surface area contributed by atoms with Crippen molar-refractivity contribution in [2.75, 3.05) is 24.3 Å². The number of benzene rings is 2. The van der Waals surface area contributed by atoms with Crippen molar-refractivity contribution < 1.29 is 19.1 Å². The number of fused-ring (bicyclic) bond motifs is 1. The minimum atomic E-state index is -0.508. The van der Waals surface area contributed by atoms with E-state index in [9.17, 15) is 9.59 Å². The average Bonchev–Trinajstić information content (AvgIpc) is 2.65. The number of nitrogen functional groups attached to an aromatic ring is 1. The summed E-state index contributed by atoms with van der Waals surface area (Å²) in [6.07, 6.45) is 1.58. The highest BCUT2D eigenvalue weighted by molar-refractivity contribution is 6.12. The predicted octanol–water partition coefficient (Wildman–Crippen LogP) is 1.03. The second-order valence-electron chi connectivity index (χ2n) is 5.57. The summed E-state index contributed by atoms with van der Waals surface area (Å²) >= 11 is 0. The molecule has 8 heteroatoms. The van der Waals surface area contributed by atoms with E-state index < -0.39 is 11.8 Å². The molecule has 0 aliphatic carbocycles. The first-order chi connectivity index (χ1) is 12.5. The maximum absolute atomic E-state index is 12.8. The summed E-state index contributed by atoms with van der Waals surface area (Å²) in [4.78, 5) is 25.8. The Morgan fingerprint density at radius 3 is 2.65 bits per heavy atom. The summed E-state index contributed by atoms with van der Waals surface area (Å²) in [5.41, 5.74) is 9.49. The van der Waals surface area contributed by atoms with E-state index >= 15 is 0 Å². The number of hydrogen-bond acceptors (Lipinski definition) is 6. The summed E-state index contributed by atoms with van der Waals surface area (Å²) < 4.78 is 10.8. The molecular formula is C18H18N4O4. The Hall–Kier alpha value is -3.52. The van der Waals surface area contributed by atoms with Crippen LogP contribution in [0.4, 0.5) is 11.4 Å². The fraction of sp³-hybridized carbons (Fsp3) is 0.111. The number of hydrogen-bond donors (Lipinski definition) is 3. The molecule has 0 atom stereocenters. The van der Waals surface area contributed by atoms with Crippen molar-refractivity contribution >= 4 is 29.3 Å². The van der Waals surface area contributed by atoms with Gasteiger partial charge >= 0.3 is 0 Å². The molecule has 5 N–H and O–H groups in total. The standard InChI is InChI=1S/C18H18N4O4/c1-25-13-5-2-11(3-6-13)8-16-18(24)22(10-17(23)21-20)14-7-4-12(19)9-15(14)26-16/h2-9H,10,19-20H2,1H3,(H,21,23)/b16-8+. The van der Waals surface area contributed by atoms with E-state index in [1.54, 1.807) is 55.7 Å². The number of rotatable bonds is 4. The van der Waals surface area contributed by atoms with Crippen molar-refractivity contribution in [2.24, 2.45) is 5.84 Å². The Morgan fingerprint density at radius 2 is 2.00 bits per heavy atom. The zero-order valence-corrected chi connectivity index (χ0v) is 14.1. The Kier molecular flexibility index (Phi) is 4.76. The van der Waals surface area contributed by atoms with E-state index in [-0.39, 0.29) is 12.3 Å². The van der Waals surface area contributed by atoms with Crippen LogP contribution in [0.1, 0.15) is 5.56 Å². The largest absolute Gasteiger partial charge is 0.497 e. The molecule has 1 aliphatic rings. The van der Waals surface area contributed by atoms with Crippen molar-refractivity contribution in [3.8, 4) is 11.5 Å². The Morgan fingerprint density at radius 1 is 1.27 bits per heavy atom. The third-order valence-corrected chi connectivity index (χ3v) is 3.83. The Balaban J connectivity index is 2.00. The molecule has 0 radical (unpaired) electrons. The van der Waals surface area contributed by atoms with Crippen LogP contribution in [0.3, 0.4) is 0 Å². The number of carbonyl (C=O) groups excluding carboxylic acids is 2. The Bertz CT molecular complexity index is 877. The average molecular weight is 354 g/mol. The number of hydrazine groups is 1. The zero-order valence-electron chi connectivity index (χ0n) is 14.1. The van der Waals surface area contributed by atoms with Gasteiger partial charge in [0.15, 0.2) is 11.5 Å². The summed E-state index contributed by atoms with van der Waals surface area (Å²) in [5.74, 6) is 5.33. The van der Waals surface area contributed by atoms with Gasteiger partial charge in [-0.3, -0.25) is 19.9 Å². The number of ether oxygens (including phenoxy) is 2. The number of nitrogens with one attached hydrogen (secondary N) is 1. The fourth-order valence-corrected chi connectivity index (χ4v) is 2.53. The molecule has 0 unspecified atom stereocenters. The van der Waals surface area contributed by atoms with Crippen molar-refractivity contribution in [1.82, 2.24) is 5.43 Å². The van der Waals surface area contributed by atoms with Crippen LogP contribution in [0.2, 0.25) is 0 Å². The number of methoxy groups -OCH3 is 1. The SMILES string of the molecule is COc1ccc(/C=C2/Oc3cc(N)ccc3N(CC(=O)NN)C2=O)cc1. The second-order valence-corrected chi connectivity index (χ2v) is 5.57. The molecule has 8 nitrogen and oxygen atoms in total. The number of nitrogens with zero attached hydrogens (tertiary/aromatic N) is 1. The van der Waals surface area contributed by atoms with E-state index in [1.807, 2.05) is 5.43 Å². The fourth-order valence-electron chi connectivity index (χ4n) is 2.53. The van der Waals surface area contributed by atoms with E-state index in [1.165, 1.54) is 4.90 Å². The van der Waals surface area contributed by atoms with Crippen LogP contribution in [0.5, 0.6) is 11.5 Å². The second kappa shape index (κ2) is 7.16. The van der Waals surface area contributed by atoms with Gasteiger partial charge in [-0.1, -0.05) is 12.1 Å². The topological polar surface area (TPSA) is 120 Å². The van der Waals surface area contributed by atoms with Gasteiger partial charge in [-0.05, 0) is 35.9 Å². The first kappa shape index (κ1) is 17.3. The van der Waals surface area contributed by atoms with Gasteiger partial charge in [0.25, 0.3) is 11.8 Å². The molecule has 0 saturated carbocycles. The van der Waals surface area contributed by atoms with Gasteiger partial charge in [0.2, 0.25) is 0 Å².